The number of nitrogens with zero attached hydrogens (tertiary/aromatic N) is 4. The fourth-order valence-corrected chi connectivity index (χ4v) is 7.41. The van der Waals surface area contributed by atoms with E-state index in [9.17, 15) is 0 Å². The van der Waals surface area contributed by atoms with Crippen LogP contribution >= 0.6 is 0 Å². The summed E-state index contributed by atoms with van der Waals surface area (Å²) in [6.07, 6.45) is 1.02. The average molecular weight is 828 g/mol. The summed E-state index contributed by atoms with van der Waals surface area (Å²) in [5.74, 6) is 0. The van der Waals surface area contributed by atoms with E-state index >= 15 is 0 Å². The van der Waals surface area contributed by atoms with Crippen molar-refractivity contribution in [3.63, 3.8) is 0 Å². The average Bonchev–Trinajstić information content (AvgIpc) is 3.88. The molecule has 0 N–H and O–H groups in total. The van der Waals surface area contributed by atoms with Crippen LogP contribution in [0.2, 0.25) is 0 Å². The predicted octanol–water partition coefficient (Wildman–Crippen LogP) is 11.2. The van der Waals surface area contributed by atoms with Gasteiger partial charge in [-0.15, -0.1) is 47.5 Å². The summed E-state index contributed by atoms with van der Waals surface area (Å²) >= 11 is 0. The molecule has 5 heteroatoms. The van der Waals surface area contributed by atoms with Crippen LogP contribution in [0, 0.1) is 32.7 Å². The summed E-state index contributed by atoms with van der Waals surface area (Å²) in [7, 11) is 0. The normalized spacial score (nSPS) is 15.2. The maximum Gasteiger partial charge on any atom is 0.0774 e. The number of pyridine rings is 2. The molecule has 0 bridgehead atoms. The van der Waals surface area contributed by atoms with Gasteiger partial charge < -0.3 is 13.8 Å². The molecule has 0 aliphatic rings. The van der Waals surface area contributed by atoms with Gasteiger partial charge >= 0.3 is 0 Å². The number of rotatable bonds is 1. The Morgan fingerprint density at radius 3 is 2.14 bits per heavy atom. The van der Waals surface area contributed by atoms with Crippen molar-refractivity contribution in [2.75, 3.05) is 0 Å². The third-order valence-electron chi connectivity index (χ3n) is 9.51. The van der Waals surface area contributed by atoms with Crippen molar-refractivity contribution in [3.05, 3.63) is 156 Å². The van der Waals surface area contributed by atoms with Crippen LogP contribution in [0.25, 0.3) is 87.7 Å². The van der Waals surface area contributed by atoms with Crippen LogP contribution in [-0.2, 0) is 20.1 Å². The summed E-state index contributed by atoms with van der Waals surface area (Å²) < 4.78 is 71.6. The Balaban J connectivity index is 0.000000160. The smallest absolute Gasteiger partial charge is 0.0774 e. The van der Waals surface area contributed by atoms with Crippen LogP contribution in [0.15, 0.2) is 128 Å². The maximum atomic E-state index is 7.54. The van der Waals surface area contributed by atoms with Crippen molar-refractivity contribution in [3.8, 4) is 11.3 Å². The van der Waals surface area contributed by atoms with Crippen LogP contribution in [0.1, 0.15) is 29.0 Å². The fraction of sp³-hybridized carbons (Fsp3) is 0.0667. The molecule has 0 saturated carbocycles. The van der Waals surface area contributed by atoms with Gasteiger partial charge in [0, 0.05) is 60.4 Å². The van der Waals surface area contributed by atoms with E-state index in [1.54, 1.807) is 0 Å². The number of hydrogen-bond donors (Lipinski definition) is 0. The zero-order valence-corrected chi connectivity index (χ0v) is 28.6. The van der Waals surface area contributed by atoms with Crippen molar-refractivity contribution in [2.45, 2.75) is 20.6 Å². The van der Waals surface area contributed by atoms with E-state index in [2.05, 4.69) is 123 Å². The number of aromatic nitrogens is 4. The Morgan fingerprint density at radius 2 is 1.34 bits per heavy atom. The van der Waals surface area contributed by atoms with Gasteiger partial charge in [-0.05, 0) is 65.5 Å². The number of para-hydroxylation sites is 5. The van der Waals surface area contributed by atoms with Crippen molar-refractivity contribution < 1.29 is 32.4 Å². The molecular formula is C45H30IrN4-2. The maximum absolute atomic E-state index is 7.54. The van der Waals surface area contributed by atoms with Crippen LogP contribution in [-0.4, -0.2) is 18.8 Å². The van der Waals surface area contributed by atoms with Gasteiger partial charge in [0.25, 0.3) is 0 Å². The Morgan fingerprint density at radius 1 is 0.600 bits per heavy atom. The molecule has 0 unspecified atom stereocenters. The van der Waals surface area contributed by atoms with E-state index in [1.165, 1.54) is 78.6 Å². The molecule has 0 atom stereocenters. The molecule has 0 aliphatic heterocycles. The molecule has 0 amide bonds. The van der Waals surface area contributed by atoms with Crippen LogP contribution in [0.4, 0.5) is 0 Å². The first-order valence-corrected chi connectivity index (χ1v) is 15.9. The molecule has 11 rings (SSSR count). The second kappa shape index (κ2) is 11.5. The molecule has 5 heterocycles. The topological polar surface area (TPSA) is 34.6 Å². The van der Waals surface area contributed by atoms with Gasteiger partial charge in [0.15, 0.2) is 0 Å². The summed E-state index contributed by atoms with van der Waals surface area (Å²) in [5.41, 5.74) is 8.07. The van der Waals surface area contributed by atoms with Gasteiger partial charge in [-0.2, -0.15) is 0 Å². The summed E-state index contributed by atoms with van der Waals surface area (Å²) in [4.78, 5) is 9.08. The Bertz CT molecular complexity index is 3420. The largest absolute Gasteiger partial charge is 0.350 e. The van der Waals surface area contributed by atoms with Gasteiger partial charge in [-0.3, -0.25) is 4.98 Å². The number of imidazole rings is 1. The fourth-order valence-electron chi connectivity index (χ4n) is 7.41. The van der Waals surface area contributed by atoms with Crippen molar-refractivity contribution in [1.29, 1.82) is 0 Å². The first-order chi connectivity index (χ1) is 27.7. The summed E-state index contributed by atoms with van der Waals surface area (Å²) in [6.45, 7) is -7.47. The van der Waals surface area contributed by atoms with E-state index in [4.69, 9.17) is 17.3 Å². The molecule has 5 aromatic heterocycles. The minimum Gasteiger partial charge on any atom is -0.350 e. The monoisotopic (exact) mass is 828 g/mol. The van der Waals surface area contributed by atoms with Gasteiger partial charge in [0.1, 0.15) is 0 Å². The minimum atomic E-state index is -2.61. The van der Waals surface area contributed by atoms with Crippen LogP contribution in [0.5, 0.6) is 0 Å². The number of aryl methyl sites for hydroxylation is 3. The summed E-state index contributed by atoms with van der Waals surface area (Å²) in [5, 5.41) is 8.70. The van der Waals surface area contributed by atoms with Crippen LogP contribution < -0.4 is 0 Å². The minimum absolute atomic E-state index is 0. The molecule has 4 nitrogen and oxygen atoms in total. The zero-order chi connectivity index (χ0) is 40.3. The Kier molecular flexibility index (Phi) is 5.09. The van der Waals surface area contributed by atoms with Gasteiger partial charge in [-0.25, -0.2) is 0 Å². The van der Waals surface area contributed by atoms with E-state index in [-0.39, 0.29) is 42.5 Å². The molecule has 50 heavy (non-hydrogen) atoms. The summed E-state index contributed by atoms with van der Waals surface area (Å²) in [6, 6.07) is 46.4. The Hall–Kier alpha value is -5.61. The van der Waals surface area contributed by atoms with Crippen molar-refractivity contribution in [2.24, 2.45) is 0 Å². The first kappa shape index (κ1) is 22.2. The molecule has 0 saturated heterocycles. The van der Waals surface area contributed by atoms with Crippen molar-refractivity contribution >= 4 is 76.5 Å². The first-order valence-electron chi connectivity index (χ1n) is 20.4. The second-order valence-corrected chi connectivity index (χ2v) is 12.2. The number of fused-ring (bicyclic) bond motifs is 15. The molecule has 1 radical (unpaired) electrons. The zero-order valence-electron chi connectivity index (χ0n) is 35.2. The van der Waals surface area contributed by atoms with Gasteiger partial charge in [0.2, 0.25) is 0 Å². The molecule has 0 fully saturated rings. The SMILES string of the molecule is [2H]C([2H])([2H])c1c[c-]c(-c2cc(C([2H])([2H])[2H])c(C([2H])([2H])[2H])cn2)cc1.[Ir].[c-]1cc2c(c3cccc4c5ccccc5n2c43)c2c1c1nc3ccccc3n1c1ccccc21. The predicted molar refractivity (Wildman–Crippen MR) is 204 cm³/mol. The quantitative estimate of drug-likeness (QED) is 0.122. The number of hydrogen-bond acceptors (Lipinski definition) is 2. The number of benzene rings is 6. The molecular weight excluding hydrogens is 789 g/mol. The molecule has 11 aromatic rings. The van der Waals surface area contributed by atoms with E-state index in [1.807, 2.05) is 0 Å². The van der Waals surface area contributed by atoms with E-state index in [0.29, 0.717) is 5.56 Å². The standard InChI is InChI=1S/C31H16N3.C14H14N.Ir/c1-4-13-24-18(8-1)19-10-7-11-21-29-27(33(24)30(19)21)17-16-22-28(29)20-9-2-5-14-25(20)34-26-15-6-3-12-23(26)32-31(22)34;1-10-4-6-13(7-5-10)14-8-11(2)12(3)9-15-14;/h1-15,17H;4-6,8-9H,1-3H3;/q2*-1;/i;1D3,2D3,3D3;. The molecule has 6 aromatic carbocycles. The van der Waals surface area contributed by atoms with Crippen molar-refractivity contribution in [1.82, 2.24) is 18.8 Å². The van der Waals surface area contributed by atoms with Gasteiger partial charge in [-0.1, -0.05) is 101 Å². The van der Waals surface area contributed by atoms with E-state index < -0.39 is 20.6 Å². The van der Waals surface area contributed by atoms with E-state index in [0.717, 1.165) is 28.3 Å². The molecule has 0 aliphatic carbocycles. The van der Waals surface area contributed by atoms with Gasteiger partial charge in [0.05, 0.1) is 22.2 Å². The van der Waals surface area contributed by atoms with Crippen LogP contribution in [0.3, 0.4) is 0 Å². The Labute approximate surface area is 315 Å². The third-order valence-corrected chi connectivity index (χ3v) is 9.51. The second-order valence-electron chi connectivity index (χ2n) is 12.2. The molecule has 0 spiro atoms. The molecule has 241 valence electrons. The third kappa shape index (κ3) is 4.34.